The SMILES string of the molecule is CN(c1ccc(C(N)=S)cn1)C1CC1. The summed E-state index contributed by atoms with van der Waals surface area (Å²) < 4.78 is 0. The monoisotopic (exact) mass is 207 g/mol. The first kappa shape index (κ1) is 9.40. The quantitative estimate of drug-likeness (QED) is 0.759. The minimum atomic E-state index is 0.401. The highest BCUT2D eigenvalue weighted by atomic mass is 32.1. The molecule has 4 heteroatoms. The standard InChI is InChI=1S/C10H13N3S/c1-13(8-3-4-8)9-5-2-7(6-12-9)10(11)14/h2,5-6,8H,3-4H2,1H3,(H2,11,14). The van der Waals surface area contributed by atoms with Crippen LogP contribution in [0.25, 0.3) is 0 Å². The average Bonchev–Trinajstić information content (AvgIpc) is 3.00. The summed E-state index contributed by atoms with van der Waals surface area (Å²) in [6.07, 6.45) is 4.28. The predicted molar refractivity (Wildman–Crippen MR) is 61.5 cm³/mol. The Morgan fingerprint density at radius 1 is 1.57 bits per heavy atom. The molecular weight excluding hydrogens is 194 g/mol. The van der Waals surface area contributed by atoms with Gasteiger partial charge in [0.25, 0.3) is 0 Å². The van der Waals surface area contributed by atoms with Crippen molar-refractivity contribution in [2.45, 2.75) is 18.9 Å². The number of pyridine rings is 1. The van der Waals surface area contributed by atoms with Gasteiger partial charge in [0.1, 0.15) is 10.8 Å². The molecule has 1 aliphatic carbocycles. The minimum absolute atomic E-state index is 0.401. The number of rotatable bonds is 3. The number of nitrogens with zero attached hydrogens (tertiary/aromatic N) is 2. The van der Waals surface area contributed by atoms with E-state index in [9.17, 15) is 0 Å². The van der Waals surface area contributed by atoms with Crippen molar-refractivity contribution >= 4 is 23.0 Å². The van der Waals surface area contributed by atoms with Gasteiger partial charge in [0.15, 0.2) is 0 Å². The van der Waals surface area contributed by atoms with E-state index in [2.05, 4.69) is 16.9 Å². The summed E-state index contributed by atoms with van der Waals surface area (Å²) in [5, 5.41) is 0. The van der Waals surface area contributed by atoms with Gasteiger partial charge in [0.05, 0.1) is 0 Å². The van der Waals surface area contributed by atoms with Crippen LogP contribution in [0.1, 0.15) is 18.4 Å². The molecule has 0 aliphatic heterocycles. The Morgan fingerprint density at radius 2 is 2.29 bits per heavy atom. The smallest absolute Gasteiger partial charge is 0.128 e. The second kappa shape index (κ2) is 3.53. The van der Waals surface area contributed by atoms with E-state index in [-0.39, 0.29) is 0 Å². The van der Waals surface area contributed by atoms with Crippen LogP contribution in [-0.4, -0.2) is 23.1 Å². The van der Waals surface area contributed by atoms with Crippen LogP contribution in [0.5, 0.6) is 0 Å². The van der Waals surface area contributed by atoms with E-state index in [1.807, 2.05) is 12.1 Å². The lowest BCUT2D eigenvalue weighted by atomic mass is 10.3. The molecule has 1 saturated carbocycles. The van der Waals surface area contributed by atoms with Gasteiger partial charge in [-0.25, -0.2) is 4.98 Å². The topological polar surface area (TPSA) is 42.1 Å². The predicted octanol–water partition coefficient (Wildman–Crippen LogP) is 1.31. The first-order chi connectivity index (χ1) is 6.68. The van der Waals surface area contributed by atoms with Gasteiger partial charge < -0.3 is 10.6 Å². The molecule has 0 bridgehead atoms. The Balaban J connectivity index is 2.16. The van der Waals surface area contributed by atoms with Crippen LogP contribution in [0.2, 0.25) is 0 Å². The molecule has 3 nitrogen and oxygen atoms in total. The van der Waals surface area contributed by atoms with Gasteiger partial charge in [-0.2, -0.15) is 0 Å². The van der Waals surface area contributed by atoms with Crippen LogP contribution in [0, 0.1) is 0 Å². The highest BCUT2D eigenvalue weighted by Gasteiger charge is 2.26. The summed E-state index contributed by atoms with van der Waals surface area (Å²) in [7, 11) is 2.07. The van der Waals surface area contributed by atoms with E-state index < -0.39 is 0 Å². The third-order valence-corrected chi connectivity index (χ3v) is 2.72. The molecule has 0 aromatic carbocycles. The lowest BCUT2D eigenvalue weighted by Gasteiger charge is -2.17. The number of hydrogen-bond acceptors (Lipinski definition) is 3. The summed E-state index contributed by atoms with van der Waals surface area (Å²) in [5.74, 6) is 0.993. The number of nitrogens with two attached hydrogens (primary N) is 1. The zero-order valence-corrected chi connectivity index (χ0v) is 8.92. The minimum Gasteiger partial charge on any atom is -0.389 e. The normalized spacial score (nSPS) is 15.2. The van der Waals surface area contributed by atoms with E-state index in [4.69, 9.17) is 18.0 Å². The van der Waals surface area contributed by atoms with Crippen LogP contribution >= 0.6 is 12.2 Å². The molecule has 14 heavy (non-hydrogen) atoms. The van der Waals surface area contributed by atoms with E-state index in [1.165, 1.54) is 12.8 Å². The maximum absolute atomic E-state index is 5.49. The van der Waals surface area contributed by atoms with E-state index in [0.29, 0.717) is 11.0 Å². The first-order valence-electron chi connectivity index (χ1n) is 4.67. The molecule has 1 aliphatic rings. The van der Waals surface area contributed by atoms with E-state index in [1.54, 1.807) is 6.20 Å². The molecule has 0 amide bonds. The molecule has 1 aromatic rings. The fourth-order valence-corrected chi connectivity index (χ4v) is 1.51. The molecule has 1 aromatic heterocycles. The molecule has 0 saturated heterocycles. The maximum Gasteiger partial charge on any atom is 0.128 e. The summed E-state index contributed by atoms with van der Waals surface area (Å²) in [6.45, 7) is 0. The van der Waals surface area contributed by atoms with Crippen LogP contribution in [0.3, 0.4) is 0 Å². The second-order valence-electron chi connectivity index (χ2n) is 3.61. The Morgan fingerprint density at radius 3 is 2.71 bits per heavy atom. The largest absolute Gasteiger partial charge is 0.389 e. The zero-order valence-electron chi connectivity index (χ0n) is 8.10. The highest BCUT2D eigenvalue weighted by Crippen LogP contribution is 2.28. The number of aromatic nitrogens is 1. The molecule has 2 N–H and O–H groups in total. The van der Waals surface area contributed by atoms with E-state index >= 15 is 0 Å². The molecule has 0 spiro atoms. The Bertz CT molecular complexity index is 343. The molecule has 0 radical (unpaired) electrons. The van der Waals surface area contributed by atoms with Gasteiger partial charge in [0.2, 0.25) is 0 Å². The summed E-state index contributed by atoms with van der Waals surface area (Å²) in [5.41, 5.74) is 6.32. The van der Waals surface area contributed by atoms with Crippen molar-refractivity contribution in [1.82, 2.24) is 4.98 Å². The van der Waals surface area contributed by atoms with Crippen LogP contribution in [0.15, 0.2) is 18.3 Å². The average molecular weight is 207 g/mol. The highest BCUT2D eigenvalue weighted by molar-refractivity contribution is 7.80. The van der Waals surface area contributed by atoms with Crippen LogP contribution < -0.4 is 10.6 Å². The Labute approximate surface area is 88.9 Å². The fourth-order valence-electron chi connectivity index (χ4n) is 1.39. The van der Waals surface area contributed by atoms with Crippen molar-refractivity contribution in [1.29, 1.82) is 0 Å². The van der Waals surface area contributed by atoms with Crippen LogP contribution in [-0.2, 0) is 0 Å². The molecule has 0 unspecified atom stereocenters. The number of hydrogen-bond donors (Lipinski definition) is 1. The second-order valence-corrected chi connectivity index (χ2v) is 4.05. The van der Waals surface area contributed by atoms with Crippen molar-refractivity contribution in [2.24, 2.45) is 5.73 Å². The van der Waals surface area contributed by atoms with Gasteiger partial charge in [-0.05, 0) is 25.0 Å². The van der Waals surface area contributed by atoms with Gasteiger partial charge >= 0.3 is 0 Å². The van der Waals surface area contributed by atoms with Crippen molar-refractivity contribution in [3.05, 3.63) is 23.9 Å². The van der Waals surface area contributed by atoms with Crippen molar-refractivity contribution < 1.29 is 0 Å². The molecule has 74 valence electrons. The van der Waals surface area contributed by atoms with Gasteiger partial charge in [0, 0.05) is 24.8 Å². The molecule has 1 fully saturated rings. The van der Waals surface area contributed by atoms with Gasteiger partial charge in [-0.1, -0.05) is 12.2 Å². The fraction of sp³-hybridized carbons (Fsp3) is 0.400. The maximum atomic E-state index is 5.49. The molecule has 1 heterocycles. The van der Waals surface area contributed by atoms with E-state index in [0.717, 1.165) is 11.4 Å². The Hall–Kier alpha value is -1.16. The molecule has 2 rings (SSSR count). The van der Waals surface area contributed by atoms with Crippen LogP contribution in [0.4, 0.5) is 5.82 Å². The van der Waals surface area contributed by atoms with Gasteiger partial charge in [-0.3, -0.25) is 0 Å². The Kier molecular flexibility index (Phi) is 2.37. The van der Waals surface area contributed by atoms with Gasteiger partial charge in [-0.15, -0.1) is 0 Å². The first-order valence-corrected chi connectivity index (χ1v) is 5.08. The lowest BCUT2D eigenvalue weighted by Crippen LogP contribution is -2.21. The third kappa shape index (κ3) is 1.85. The third-order valence-electron chi connectivity index (χ3n) is 2.49. The number of thiocarbonyl (C=S) groups is 1. The van der Waals surface area contributed by atoms with Crippen molar-refractivity contribution in [2.75, 3.05) is 11.9 Å². The van der Waals surface area contributed by atoms with Crippen molar-refractivity contribution in [3.63, 3.8) is 0 Å². The summed E-state index contributed by atoms with van der Waals surface area (Å²) in [6, 6.07) is 4.56. The summed E-state index contributed by atoms with van der Waals surface area (Å²) in [4.78, 5) is 6.92. The zero-order chi connectivity index (χ0) is 10.1. The van der Waals surface area contributed by atoms with Crippen molar-refractivity contribution in [3.8, 4) is 0 Å². The summed E-state index contributed by atoms with van der Waals surface area (Å²) >= 11 is 4.86. The molecular formula is C10H13N3S. The number of anilines is 1. The lowest BCUT2D eigenvalue weighted by molar-refractivity contribution is 0.892. The molecule has 0 atom stereocenters.